The number of H-pyrrole nitrogens is 2. The highest BCUT2D eigenvalue weighted by molar-refractivity contribution is 5.88. The Morgan fingerprint density at radius 1 is 1.08 bits per heavy atom. The lowest BCUT2D eigenvalue weighted by molar-refractivity contribution is 0.770. The third kappa shape index (κ3) is 2.32. The van der Waals surface area contributed by atoms with Crippen molar-refractivity contribution in [2.24, 2.45) is 7.05 Å². The summed E-state index contributed by atoms with van der Waals surface area (Å²) >= 11 is 0. The molecule has 0 radical (unpaired) electrons. The zero-order valence-corrected chi connectivity index (χ0v) is 12.8. The molecule has 0 atom stereocenters. The maximum absolute atomic E-state index is 12.1. The van der Waals surface area contributed by atoms with Gasteiger partial charge in [0.05, 0.1) is 5.39 Å². The van der Waals surface area contributed by atoms with Crippen LogP contribution in [0.4, 0.5) is 0 Å². The van der Waals surface area contributed by atoms with E-state index in [0.29, 0.717) is 22.4 Å². The van der Waals surface area contributed by atoms with Crippen LogP contribution in [-0.4, -0.2) is 24.7 Å². The van der Waals surface area contributed by atoms with E-state index in [4.69, 9.17) is 0 Å². The normalized spacial score (nSPS) is 11.0. The molecule has 0 saturated carbocycles. The summed E-state index contributed by atoms with van der Waals surface area (Å²) in [5.41, 5.74) is 3.00. The molecule has 0 bridgehead atoms. The van der Waals surface area contributed by atoms with Gasteiger partial charge in [0.1, 0.15) is 17.0 Å². The number of nitrogens with one attached hydrogen (secondary N) is 2. The van der Waals surface area contributed by atoms with Crippen molar-refractivity contribution in [3.63, 3.8) is 0 Å². The topological polar surface area (TPSA) is 96.4 Å². The molecule has 4 heterocycles. The lowest BCUT2D eigenvalue weighted by Crippen LogP contribution is -2.05. The quantitative estimate of drug-likeness (QED) is 0.587. The van der Waals surface area contributed by atoms with Gasteiger partial charge in [0.15, 0.2) is 5.43 Å². The predicted molar refractivity (Wildman–Crippen MR) is 90.6 cm³/mol. The molecule has 118 valence electrons. The lowest BCUT2D eigenvalue weighted by atomic mass is 10.0. The second-order valence-corrected chi connectivity index (χ2v) is 5.44. The molecule has 0 spiro atoms. The van der Waals surface area contributed by atoms with E-state index in [-0.39, 0.29) is 11.0 Å². The third-order valence-electron chi connectivity index (χ3n) is 3.79. The van der Waals surface area contributed by atoms with Crippen LogP contribution >= 0.6 is 0 Å². The van der Waals surface area contributed by atoms with Gasteiger partial charge in [-0.2, -0.15) is 5.10 Å². The van der Waals surface area contributed by atoms with Gasteiger partial charge in [-0.15, -0.1) is 0 Å². The van der Waals surface area contributed by atoms with Crippen molar-refractivity contribution in [2.45, 2.75) is 0 Å². The smallest absolute Gasteiger partial charge is 0.247 e. The van der Waals surface area contributed by atoms with E-state index in [1.54, 1.807) is 29.2 Å². The van der Waals surface area contributed by atoms with Gasteiger partial charge in [-0.1, -0.05) is 0 Å². The maximum Gasteiger partial charge on any atom is 0.247 e. The van der Waals surface area contributed by atoms with Crippen molar-refractivity contribution >= 4 is 11.0 Å². The van der Waals surface area contributed by atoms with Crippen LogP contribution in [0.2, 0.25) is 0 Å². The van der Waals surface area contributed by atoms with E-state index in [2.05, 4.69) is 20.1 Å². The number of aromatic amines is 2. The van der Waals surface area contributed by atoms with Gasteiger partial charge in [0.2, 0.25) is 5.56 Å². The third-order valence-corrected chi connectivity index (χ3v) is 3.79. The molecular weight excluding hydrogens is 306 g/mol. The van der Waals surface area contributed by atoms with Gasteiger partial charge in [-0.3, -0.25) is 14.3 Å². The minimum Gasteiger partial charge on any atom is -0.346 e. The van der Waals surface area contributed by atoms with Crippen LogP contribution in [0, 0.1) is 0 Å². The Bertz CT molecular complexity index is 1150. The first kappa shape index (κ1) is 14.1. The summed E-state index contributed by atoms with van der Waals surface area (Å²) < 4.78 is 1.69. The fourth-order valence-corrected chi connectivity index (χ4v) is 2.63. The highest BCUT2D eigenvalue weighted by atomic mass is 16.1. The van der Waals surface area contributed by atoms with Crippen molar-refractivity contribution in [3.8, 4) is 22.5 Å². The lowest BCUT2D eigenvalue weighted by Gasteiger charge is -2.09. The summed E-state index contributed by atoms with van der Waals surface area (Å²) in [5, 5.41) is 4.89. The van der Waals surface area contributed by atoms with Crippen molar-refractivity contribution in [1.82, 2.24) is 24.7 Å². The van der Waals surface area contributed by atoms with E-state index in [1.807, 2.05) is 19.3 Å². The number of nitrogens with zero attached hydrogens (tertiary/aromatic N) is 3. The number of pyridine rings is 3. The van der Waals surface area contributed by atoms with Crippen LogP contribution in [0.5, 0.6) is 0 Å². The number of fused-ring (bicyclic) bond motifs is 1. The molecule has 0 aromatic carbocycles. The summed E-state index contributed by atoms with van der Waals surface area (Å²) in [6.07, 6.45) is 5.00. The van der Waals surface area contributed by atoms with Gasteiger partial charge in [-0.05, 0) is 18.2 Å². The Balaban J connectivity index is 2.08. The Morgan fingerprint density at radius 2 is 1.96 bits per heavy atom. The van der Waals surface area contributed by atoms with E-state index < -0.39 is 0 Å². The van der Waals surface area contributed by atoms with Gasteiger partial charge >= 0.3 is 0 Å². The van der Waals surface area contributed by atoms with E-state index >= 15 is 0 Å². The van der Waals surface area contributed by atoms with Gasteiger partial charge in [0, 0.05) is 48.9 Å². The van der Waals surface area contributed by atoms with E-state index in [9.17, 15) is 9.59 Å². The Morgan fingerprint density at radius 3 is 2.67 bits per heavy atom. The number of hydrogen-bond donors (Lipinski definition) is 2. The van der Waals surface area contributed by atoms with Crippen LogP contribution in [0.1, 0.15) is 0 Å². The van der Waals surface area contributed by atoms with Crippen molar-refractivity contribution in [3.05, 3.63) is 69.5 Å². The van der Waals surface area contributed by atoms with Crippen LogP contribution in [-0.2, 0) is 7.05 Å². The molecule has 0 amide bonds. The first-order valence-electron chi connectivity index (χ1n) is 7.33. The largest absolute Gasteiger partial charge is 0.346 e. The molecule has 7 heteroatoms. The summed E-state index contributed by atoms with van der Waals surface area (Å²) in [7, 11) is 1.83. The second kappa shape index (κ2) is 5.31. The Labute approximate surface area is 135 Å². The second-order valence-electron chi connectivity index (χ2n) is 5.44. The minimum absolute atomic E-state index is 0.116. The minimum atomic E-state index is -0.190. The molecule has 0 aliphatic carbocycles. The molecule has 0 fully saturated rings. The molecule has 4 rings (SSSR count). The zero-order chi connectivity index (χ0) is 16.7. The van der Waals surface area contributed by atoms with Crippen LogP contribution in [0.15, 0.2) is 58.5 Å². The van der Waals surface area contributed by atoms with Gasteiger partial charge in [-0.25, -0.2) is 4.98 Å². The molecule has 4 aromatic heterocycles. The van der Waals surface area contributed by atoms with Crippen LogP contribution < -0.4 is 11.0 Å². The molecule has 0 saturated heterocycles. The average molecular weight is 319 g/mol. The van der Waals surface area contributed by atoms with Crippen LogP contribution in [0.25, 0.3) is 33.5 Å². The fourth-order valence-electron chi connectivity index (χ4n) is 2.63. The molecule has 0 aliphatic heterocycles. The molecule has 7 nitrogen and oxygen atoms in total. The first-order valence-corrected chi connectivity index (χ1v) is 7.33. The number of rotatable bonds is 2. The standard InChI is InChI=1S/C17H13N5O2/c1-22-7-5-13(21-22)16-11(10-2-3-15(24)19-9-10)8-12-14(23)4-6-18-17(12)20-16/h2-9H,1H3,(H,19,24)(H,18,20,23). The summed E-state index contributed by atoms with van der Waals surface area (Å²) in [6, 6.07) is 8.23. The zero-order valence-electron chi connectivity index (χ0n) is 12.8. The average Bonchev–Trinajstić information content (AvgIpc) is 3.01. The number of hydrogen-bond acceptors (Lipinski definition) is 4. The van der Waals surface area contributed by atoms with Gasteiger partial charge in [0.25, 0.3) is 0 Å². The molecule has 0 unspecified atom stereocenters. The summed E-state index contributed by atoms with van der Waals surface area (Å²) in [4.78, 5) is 33.7. The molecular formula is C17H13N5O2. The van der Waals surface area contributed by atoms with Crippen molar-refractivity contribution < 1.29 is 0 Å². The number of aryl methyl sites for hydroxylation is 1. The number of aromatic nitrogens is 5. The summed E-state index contributed by atoms with van der Waals surface area (Å²) in [5.74, 6) is 0. The maximum atomic E-state index is 12.1. The SMILES string of the molecule is Cn1ccc(-c2nc3[nH]ccc(=O)c3cc2-c2ccc(=O)[nH]c2)n1. The molecule has 24 heavy (non-hydrogen) atoms. The van der Waals surface area contributed by atoms with Crippen molar-refractivity contribution in [2.75, 3.05) is 0 Å². The summed E-state index contributed by atoms with van der Waals surface area (Å²) in [6.45, 7) is 0. The molecule has 2 N–H and O–H groups in total. The highest BCUT2D eigenvalue weighted by Crippen LogP contribution is 2.30. The predicted octanol–water partition coefficient (Wildman–Crippen LogP) is 1.68. The fraction of sp³-hybridized carbons (Fsp3) is 0.0588. The van der Waals surface area contributed by atoms with Crippen molar-refractivity contribution in [1.29, 1.82) is 0 Å². The molecule has 4 aromatic rings. The molecule has 0 aliphatic rings. The van der Waals surface area contributed by atoms with E-state index in [0.717, 1.165) is 11.1 Å². The Hall–Kier alpha value is -3.48. The van der Waals surface area contributed by atoms with Gasteiger partial charge < -0.3 is 9.97 Å². The first-order chi connectivity index (χ1) is 11.6. The highest BCUT2D eigenvalue weighted by Gasteiger charge is 2.15. The Kier molecular flexibility index (Phi) is 3.13. The van der Waals surface area contributed by atoms with E-state index in [1.165, 1.54) is 12.1 Å². The monoisotopic (exact) mass is 319 g/mol. The van der Waals surface area contributed by atoms with Crippen LogP contribution in [0.3, 0.4) is 0 Å².